The highest BCUT2D eigenvalue weighted by molar-refractivity contribution is 6.20. The molecule has 0 amide bonds. The maximum Gasteiger partial charge on any atom is 0.123 e. The molecule has 1 aromatic heterocycles. The number of para-hydroxylation sites is 2. The van der Waals surface area contributed by atoms with E-state index in [1.807, 2.05) is 12.1 Å². The Morgan fingerprint density at radius 3 is 1.16 bits per heavy atom. The van der Waals surface area contributed by atoms with Crippen molar-refractivity contribution in [3.8, 4) is 50.3 Å². The summed E-state index contributed by atoms with van der Waals surface area (Å²) in [6.45, 7) is 0. The smallest absolute Gasteiger partial charge is 0.123 e. The minimum absolute atomic E-state index is 0.266. The maximum absolute atomic E-state index is 14.6. The summed E-state index contributed by atoms with van der Waals surface area (Å²) in [5, 5.41) is 3.36. The molecule has 0 bridgehead atoms. The third-order valence-electron chi connectivity index (χ3n) is 13.2. The summed E-state index contributed by atoms with van der Waals surface area (Å²) in [7, 11) is 0. The van der Waals surface area contributed by atoms with Gasteiger partial charge in [0.2, 0.25) is 0 Å². The Morgan fingerprint density at radius 2 is 0.657 bits per heavy atom. The van der Waals surface area contributed by atoms with E-state index < -0.39 is 0 Å². The lowest BCUT2D eigenvalue weighted by molar-refractivity contribution is 0.627. The fourth-order valence-corrected chi connectivity index (χ4v) is 10.0. The monoisotopic (exact) mass is 899 g/mol. The quantitative estimate of drug-likeness (QED) is 0.128. The molecular formula is C66H46FN3. The molecule has 0 atom stereocenters. The van der Waals surface area contributed by atoms with E-state index in [-0.39, 0.29) is 5.82 Å². The summed E-state index contributed by atoms with van der Waals surface area (Å²) in [4.78, 5) is 4.63. The molecule has 332 valence electrons. The van der Waals surface area contributed by atoms with E-state index in [4.69, 9.17) is 0 Å². The topological polar surface area (TPSA) is 11.4 Å². The largest absolute Gasteiger partial charge is 0.311 e. The summed E-state index contributed by atoms with van der Waals surface area (Å²) in [5.41, 5.74) is 17.3. The van der Waals surface area contributed by atoms with Gasteiger partial charge in [-0.15, -0.1) is 0 Å². The van der Waals surface area contributed by atoms with Gasteiger partial charge in [0.05, 0.1) is 11.2 Å². The van der Waals surface area contributed by atoms with Crippen LogP contribution in [0.4, 0.5) is 38.5 Å². The second-order valence-corrected chi connectivity index (χ2v) is 17.5. The van der Waals surface area contributed by atoms with E-state index >= 15 is 0 Å². The summed E-state index contributed by atoms with van der Waals surface area (Å²) in [5.74, 6) is -0.266. The summed E-state index contributed by atoms with van der Waals surface area (Å²) in [6, 6.07) is 97.4. The zero-order chi connectivity index (χ0) is 46.8. The Bertz CT molecular complexity index is 3670. The molecule has 0 spiro atoms. The van der Waals surface area contributed by atoms with Crippen LogP contribution >= 0.6 is 0 Å². The molecule has 0 aliphatic heterocycles. The van der Waals surface area contributed by atoms with Crippen LogP contribution in [0, 0.1) is 5.82 Å². The molecule has 4 heteroatoms. The van der Waals surface area contributed by atoms with Crippen molar-refractivity contribution < 1.29 is 4.39 Å². The van der Waals surface area contributed by atoms with Gasteiger partial charge in [-0.05, 0) is 142 Å². The third kappa shape index (κ3) is 7.87. The molecule has 12 aromatic rings. The lowest BCUT2D eigenvalue weighted by Gasteiger charge is -2.28. The lowest BCUT2D eigenvalue weighted by atomic mass is 9.92. The average Bonchev–Trinajstić information content (AvgIpc) is 3.79. The summed E-state index contributed by atoms with van der Waals surface area (Å²) >= 11 is 0. The number of nitrogens with zero attached hydrogens (tertiary/aromatic N) is 3. The highest BCUT2D eigenvalue weighted by atomic mass is 19.1. The van der Waals surface area contributed by atoms with E-state index in [2.05, 4.69) is 269 Å². The van der Waals surface area contributed by atoms with Crippen molar-refractivity contribution in [1.29, 1.82) is 0 Å². The number of benzene rings is 11. The Labute approximate surface area is 407 Å². The van der Waals surface area contributed by atoms with Crippen LogP contribution in [0.25, 0.3) is 72.0 Å². The second-order valence-electron chi connectivity index (χ2n) is 17.5. The van der Waals surface area contributed by atoms with E-state index in [1.165, 1.54) is 5.56 Å². The van der Waals surface area contributed by atoms with Gasteiger partial charge in [-0.2, -0.15) is 0 Å². The van der Waals surface area contributed by atoms with Crippen molar-refractivity contribution in [2.24, 2.45) is 0 Å². The Kier molecular flexibility index (Phi) is 11.1. The standard InChI is InChI=1S/C66H46FN3/c67-52-34-40-59(41-35-52)70-65(51-22-10-3-11-23-51)64(50-20-8-2-9-21-50)63-46-62(60-28-16-17-29-61(60)66(63)70)49-32-38-56(39-33-49)69(55-36-30-48(31-37-55)47-18-6-1-7-19-47)58-44-42-57(43-45-58)68(53-24-12-4-13-25-53)54-26-14-5-15-27-54/h1-46H. The zero-order valence-electron chi connectivity index (χ0n) is 38.3. The van der Waals surface area contributed by atoms with Crippen molar-refractivity contribution in [2.75, 3.05) is 9.80 Å². The van der Waals surface area contributed by atoms with Gasteiger partial charge in [0.1, 0.15) is 5.82 Å². The number of hydrogen-bond donors (Lipinski definition) is 0. The first-order chi connectivity index (χ1) is 34.7. The molecule has 12 rings (SSSR count). The highest BCUT2D eigenvalue weighted by Crippen LogP contribution is 2.48. The van der Waals surface area contributed by atoms with Gasteiger partial charge in [0, 0.05) is 56.1 Å². The Morgan fingerprint density at radius 1 is 0.286 bits per heavy atom. The molecule has 1 heterocycles. The highest BCUT2D eigenvalue weighted by Gasteiger charge is 2.25. The van der Waals surface area contributed by atoms with Crippen LogP contribution in [0.5, 0.6) is 0 Å². The van der Waals surface area contributed by atoms with Gasteiger partial charge < -0.3 is 14.4 Å². The van der Waals surface area contributed by atoms with Gasteiger partial charge in [0.25, 0.3) is 0 Å². The third-order valence-corrected chi connectivity index (χ3v) is 13.2. The summed E-state index contributed by atoms with van der Waals surface area (Å²) < 4.78 is 16.9. The number of anilines is 6. The van der Waals surface area contributed by atoms with Crippen LogP contribution in [0.1, 0.15) is 0 Å². The van der Waals surface area contributed by atoms with Crippen LogP contribution in [0.3, 0.4) is 0 Å². The van der Waals surface area contributed by atoms with Crippen LogP contribution in [-0.2, 0) is 0 Å². The van der Waals surface area contributed by atoms with Crippen molar-refractivity contribution in [1.82, 2.24) is 4.57 Å². The SMILES string of the molecule is Fc1ccc(-n2c(-c3ccccc3)c(-c3ccccc3)c3cc(-c4ccc(N(c5ccc(-c6ccccc6)cc5)c5ccc(N(c6ccccc6)c6ccccc6)cc5)cc4)c4ccccc4c32)cc1. The molecule has 70 heavy (non-hydrogen) atoms. The predicted octanol–water partition coefficient (Wildman–Crippen LogP) is 18.5. The van der Waals surface area contributed by atoms with Gasteiger partial charge >= 0.3 is 0 Å². The van der Waals surface area contributed by atoms with Gasteiger partial charge in [-0.25, -0.2) is 4.39 Å². The van der Waals surface area contributed by atoms with Crippen LogP contribution in [0.2, 0.25) is 0 Å². The number of rotatable bonds is 11. The molecule has 0 N–H and O–H groups in total. The predicted molar refractivity (Wildman–Crippen MR) is 292 cm³/mol. The summed E-state index contributed by atoms with van der Waals surface area (Å²) in [6.07, 6.45) is 0. The first-order valence-corrected chi connectivity index (χ1v) is 23.7. The molecule has 0 saturated heterocycles. The lowest BCUT2D eigenvalue weighted by Crippen LogP contribution is -2.12. The van der Waals surface area contributed by atoms with Crippen LogP contribution < -0.4 is 9.80 Å². The van der Waals surface area contributed by atoms with E-state index in [0.29, 0.717) is 0 Å². The number of hydrogen-bond acceptors (Lipinski definition) is 2. The van der Waals surface area contributed by atoms with Crippen molar-refractivity contribution in [2.45, 2.75) is 0 Å². The first kappa shape index (κ1) is 42.1. The number of fused-ring (bicyclic) bond motifs is 3. The zero-order valence-corrected chi connectivity index (χ0v) is 38.3. The maximum atomic E-state index is 14.6. The fourth-order valence-electron chi connectivity index (χ4n) is 10.0. The molecule has 0 saturated carbocycles. The van der Waals surface area contributed by atoms with Gasteiger partial charge in [-0.3, -0.25) is 0 Å². The minimum Gasteiger partial charge on any atom is -0.311 e. The molecule has 0 aliphatic carbocycles. The molecular weight excluding hydrogens is 854 g/mol. The van der Waals surface area contributed by atoms with Crippen molar-refractivity contribution in [3.05, 3.63) is 285 Å². The Balaban J connectivity index is 1.02. The number of aromatic nitrogens is 1. The molecule has 0 fully saturated rings. The molecule has 3 nitrogen and oxygen atoms in total. The van der Waals surface area contributed by atoms with Crippen molar-refractivity contribution in [3.63, 3.8) is 0 Å². The molecule has 0 aliphatic rings. The van der Waals surface area contributed by atoms with E-state index in [9.17, 15) is 4.39 Å². The van der Waals surface area contributed by atoms with Crippen molar-refractivity contribution >= 4 is 55.8 Å². The average molecular weight is 900 g/mol. The fraction of sp³-hybridized carbons (Fsp3) is 0. The normalized spacial score (nSPS) is 11.2. The van der Waals surface area contributed by atoms with Gasteiger partial charge in [-0.1, -0.05) is 176 Å². The van der Waals surface area contributed by atoms with E-state index in [1.54, 1.807) is 12.1 Å². The molecule has 0 unspecified atom stereocenters. The first-order valence-electron chi connectivity index (χ1n) is 23.7. The Hall–Kier alpha value is -9.25. The number of halogens is 1. The van der Waals surface area contributed by atoms with Gasteiger partial charge in [0.15, 0.2) is 0 Å². The second kappa shape index (κ2) is 18.4. The molecule has 0 radical (unpaired) electrons. The van der Waals surface area contributed by atoms with E-state index in [0.717, 1.165) is 101 Å². The van der Waals surface area contributed by atoms with Crippen LogP contribution in [0.15, 0.2) is 279 Å². The van der Waals surface area contributed by atoms with Crippen LogP contribution in [-0.4, -0.2) is 4.57 Å². The minimum atomic E-state index is -0.266. The molecule has 11 aromatic carbocycles.